The van der Waals surface area contributed by atoms with Crippen molar-refractivity contribution in [3.8, 4) is 0 Å². The molecule has 0 bridgehead atoms. The molecule has 0 radical (unpaired) electrons. The van der Waals surface area contributed by atoms with Crippen LogP contribution in [0.2, 0.25) is 0 Å². The molecule has 2 heterocycles. The molecule has 1 aliphatic heterocycles. The lowest BCUT2D eigenvalue weighted by molar-refractivity contribution is 0.483. The Hall–Kier alpha value is -0.460. The van der Waals surface area contributed by atoms with Gasteiger partial charge in [0.15, 0.2) is 9.84 Å². The molecule has 1 N–H and O–H groups in total. The summed E-state index contributed by atoms with van der Waals surface area (Å²) in [5.74, 6) is 0.581. The summed E-state index contributed by atoms with van der Waals surface area (Å²) in [6, 6.07) is 0.234. The summed E-state index contributed by atoms with van der Waals surface area (Å²) in [5.41, 5.74) is 0. The van der Waals surface area contributed by atoms with Gasteiger partial charge in [0.1, 0.15) is 5.01 Å². The molecule has 2 rings (SSSR count). The smallest absolute Gasteiger partial charge is 0.151 e. The molecule has 0 spiro atoms. The number of hydrogen-bond donors (Lipinski definition) is 1. The van der Waals surface area contributed by atoms with E-state index in [1.54, 1.807) is 17.5 Å². The van der Waals surface area contributed by atoms with E-state index >= 15 is 0 Å². The van der Waals surface area contributed by atoms with Crippen molar-refractivity contribution in [2.75, 3.05) is 11.5 Å². The van der Waals surface area contributed by atoms with Crippen LogP contribution < -0.4 is 5.32 Å². The third-order valence-corrected chi connectivity index (χ3v) is 5.27. The molecule has 84 valence electrons. The molecule has 0 amide bonds. The van der Waals surface area contributed by atoms with Gasteiger partial charge < -0.3 is 5.32 Å². The van der Waals surface area contributed by atoms with Gasteiger partial charge in [0.05, 0.1) is 17.5 Å². The second kappa shape index (κ2) is 4.19. The van der Waals surface area contributed by atoms with E-state index < -0.39 is 9.84 Å². The van der Waals surface area contributed by atoms with Crippen LogP contribution in [0.3, 0.4) is 0 Å². The third kappa shape index (κ3) is 2.76. The van der Waals surface area contributed by atoms with E-state index in [2.05, 4.69) is 10.3 Å². The number of rotatable bonds is 3. The molecule has 4 nitrogen and oxygen atoms in total. The van der Waals surface area contributed by atoms with Crippen LogP contribution in [0.4, 0.5) is 0 Å². The van der Waals surface area contributed by atoms with Crippen molar-refractivity contribution >= 4 is 21.2 Å². The summed E-state index contributed by atoms with van der Waals surface area (Å²) in [6.45, 7) is 2.02. The van der Waals surface area contributed by atoms with E-state index in [0.29, 0.717) is 5.75 Å². The van der Waals surface area contributed by atoms with Crippen LogP contribution in [0.5, 0.6) is 0 Å². The van der Waals surface area contributed by atoms with Crippen molar-refractivity contribution in [1.29, 1.82) is 0 Å². The Bertz CT molecular complexity index is 413. The van der Waals surface area contributed by atoms with Gasteiger partial charge in [-0.1, -0.05) is 0 Å². The first-order chi connectivity index (χ1) is 7.07. The highest BCUT2D eigenvalue weighted by Gasteiger charge is 2.28. The van der Waals surface area contributed by atoms with Crippen molar-refractivity contribution in [1.82, 2.24) is 10.3 Å². The first-order valence-electron chi connectivity index (χ1n) is 4.93. The lowest BCUT2D eigenvalue weighted by Gasteiger charge is -2.15. The molecule has 0 aliphatic carbocycles. The highest BCUT2D eigenvalue weighted by Crippen LogP contribution is 2.19. The second-order valence-electron chi connectivity index (χ2n) is 3.86. The summed E-state index contributed by atoms with van der Waals surface area (Å²) in [5, 5.41) is 6.25. The fraction of sp³-hybridized carbons (Fsp3) is 0.667. The summed E-state index contributed by atoms with van der Waals surface area (Å²) in [6.07, 6.45) is 2.49. The van der Waals surface area contributed by atoms with Crippen LogP contribution in [0.1, 0.15) is 24.4 Å². The number of thiazole rings is 1. The van der Waals surface area contributed by atoms with Crippen LogP contribution in [0, 0.1) is 0 Å². The maximum absolute atomic E-state index is 11.3. The number of nitrogens with zero attached hydrogens (tertiary/aromatic N) is 1. The quantitative estimate of drug-likeness (QED) is 0.863. The molecule has 1 aliphatic rings. The SMILES string of the molecule is CC(NC1CCS(=O)(=O)C1)c1nccs1. The maximum atomic E-state index is 11.3. The number of sulfone groups is 1. The minimum absolute atomic E-state index is 0.0916. The molecule has 1 aromatic heterocycles. The van der Waals surface area contributed by atoms with E-state index in [-0.39, 0.29) is 17.8 Å². The third-order valence-electron chi connectivity index (χ3n) is 2.54. The van der Waals surface area contributed by atoms with Crippen LogP contribution in [0.15, 0.2) is 11.6 Å². The Morgan fingerprint density at radius 2 is 2.47 bits per heavy atom. The van der Waals surface area contributed by atoms with Crippen molar-refractivity contribution < 1.29 is 8.42 Å². The molecule has 0 saturated carbocycles. The highest BCUT2D eigenvalue weighted by atomic mass is 32.2. The van der Waals surface area contributed by atoms with Gasteiger partial charge in [-0.15, -0.1) is 11.3 Å². The minimum Gasteiger partial charge on any atom is -0.304 e. The van der Waals surface area contributed by atoms with Crippen LogP contribution in [-0.2, 0) is 9.84 Å². The first-order valence-corrected chi connectivity index (χ1v) is 7.63. The predicted octanol–water partition coefficient (Wildman–Crippen LogP) is 0.981. The Morgan fingerprint density at radius 3 is 3.00 bits per heavy atom. The summed E-state index contributed by atoms with van der Waals surface area (Å²) >= 11 is 1.59. The molecule has 2 atom stereocenters. The Morgan fingerprint density at radius 1 is 1.67 bits per heavy atom. The van der Waals surface area contributed by atoms with Crippen LogP contribution in [-0.4, -0.2) is 30.9 Å². The number of nitrogens with one attached hydrogen (secondary N) is 1. The zero-order valence-corrected chi connectivity index (χ0v) is 10.1. The Balaban J connectivity index is 1.94. The molecule has 15 heavy (non-hydrogen) atoms. The van der Waals surface area contributed by atoms with Crippen molar-refractivity contribution in [3.63, 3.8) is 0 Å². The summed E-state index contributed by atoms with van der Waals surface area (Å²) in [4.78, 5) is 4.20. The van der Waals surface area contributed by atoms with E-state index in [1.165, 1.54) is 0 Å². The summed E-state index contributed by atoms with van der Waals surface area (Å²) in [7, 11) is -2.79. The van der Waals surface area contributed by atoms with Crippen LogP contribution in [0.25, 0.3) is 0 Å². The average Bonchev–Trinajstić information content (AvgIpc) is 2.74. The zero-order valence-electron chi connectivity index (χ0n) is 8.51. The molecular formula is C9H14N2O2S2. The van der Waals surface area contributed by atoms with Gasteiger partial charge in [-0.25, -0.2) is 13.4 Å². The molecule has 6 heteroatoms. The molecular weight excluding hydrogens is 232 g/mol. The standard InChI is InChI=1S/C9H14N2O2S2/c1-7(9-10-3-4-14-9)11-8-2-5-15(12,13)6-8/h3-4,7-8,11H,2,5-6H2,1H3. The second-order valence-corrected chi connectivity index (χ2v) is 7.01. The first kappa shape index (κ1) is 11.0. The van der Waals surface area contributed by atoms with Crippen LogP contribution >= 0.6 is 11.3 Å². The molecule has 2 unspecified atom stereocenters. The zero-order chi connectivity index (χ0) is 10.9. The Kier molecular flexibility index (Phi) is 3.08. The van der Waals surface area contributed by atoms with Crippen molar-refractivity contribution in [3.05, 3.63) is 16.6 Å². The lowest BCUT2D eigenvalue weighted by atomic mass is 10.2. The van der Waals surface area contributed by atoms with Gasteiger partial charge in [0.2, 0.25) is 0 Å². The summed E-state index contributed by atoms with van der Waals surface area (Å²) < 4.78 is 22.5. The number of hydrogen-bond acceptors (Lipinski definition) is 5. The fourth-order valence-corrected chi connectivity index (χ4v) is 4.14. The molecule has 1 aromatic rings. The van der Waals surface area contributed by atoms with Gasteiger partial charge in [-0.3, -0.25) is 0 Å². The van der Waals surface area contributed by atoms with Gasteiger partial charge in [-0.2, -0.15) is 0 Å². The Labute approximate surface area is 93.7 Å². The topological polar surface area (TPSA) is 59.1 Å². The van der Waals surface area contributed by atoms with Crippen molar-refractivity contribution in [2.45, 2.75) is 25.4 Å². The van der Waals surface area contributed by atoms with E-state index in [4.69, 9.17) is 0 Å². The average molecular weight is 246 g/mol. The van der Waals surface area contributed by atoms with Gasteiger partial charge in [-0.05, 0) is 13.3 Å². The van der Waals surface area contributed by atoms with E-state index in [0.717, 1.165) is 11.4 Å². The maximum Gasteiger partial charge on any atom is 0.151 e. The van der Waals surface area contributed by atoms with Gasteiger partial charge in [0, 0.05) is 17.6 Å². The van der Waals surface area contributed by atoms with Gasteiger partial charge >= 0.3 is 0 Å². The minimum atomic E-state index is -2.79. The highest BCUT2D eigenvalue weighted by molar-refractivity contribution is 7.91. The van der Waals surface area contributed by atoms with Gasteiger partial charge in [0.25, 0.3) is 0 Å². The molecule has 0 aromatic carbocycles. The van der Waals surface area contributed by atoms with E-state index in [9.17, 15) is 8.42 Å². The monoisotopic (exact) mass is 246 g/mol. The predicted molar refractivity (Wildman–Crippen MR) is 60.7 cm³/mol. The fourth-order valence-electron chi connectivity index (χ4n) is 1.80. The normalized spacial score (nSPS) is 26.6. The number of aromatic nitrogens is 1. The van der Waals surface area contributed by atoms with Crippen molar-refractivity contribution in [2.24, 2.45) is 0 Å². The van der Waals surface area contributed by atoms with E-state index in [1.807, 2.05) is 12.3 Å². The lowest BCUT2D eigenvalue weighted by Crippen LogP contribution is -2.32. The largest absolute Gasteiger partial charge is 0.304 e. The molecule has 1 fully saturated rings. The molecule has 1 saturated heterocycles.